The van der Waals surface area contributed by atoms with E-state index in [4.69, 9.17) is 0 Å². The minimum absolute atomic E-state index is 0.203. The maximum Gasteiger partial charge on any atom is 0.352 e. The van der Waals surface area contributed by atoms with Gasteiger partial charge in [-0.25, -0.2) is 9.78 Å². The van der Waals surface area contributed by atoms with Crippen molar-refractivity contribution in [2.75, 3.05) is 5.75 Å². The number of thioether (sulfide) groups is 1. The van der Waals surface area contributed by atoms with E-state index in [2.05, 4.69) is 4.98 Å². The van der Waals surface area contributed by atoms with Gasteiger partial charge in [-0.15, -0.1) is 11.8 Å². The van der Waals surface area contributed by atoms with Gasteiger partial charge in [0.05, 0.1) is 5.03 Å². The Labute approximate surface area is 67.8 Å². The van der Waals surface area contributed by atoms with Gasteiger partial charge in [0, 0.05) is 18.1 Å². The Bertz CT molecular complexity index is 356. The number of aromatic nitrogens is 2. The third-order valence-corrected chi connectivity index (χ3v) is 2.42. The van der Waals surface area contributed by atoms with Crippen LogP contribution in [0.15, 0.2) is 28.2 Å². The summed E-state index contributed by atoms with van der Waals surface area (Å²) in [7, 11) is 0. The van der Waals surface area contributed by atoms with E-state index in [1.165, 1.54) is 0 Å². The highest BCUT2D eigenvalue weighted by atomic mass is 32.2. The van der Waals surface area contributed by atoms with Crippen molar-refractivity contribution in [3.8, 4) is 0 Å². The van der Waals surface area contributed by atoms with Crippen molar-refractivity contribution < 1.29 is 0 Å². The molecule has 0 spiro atoms. The lowest BCUT2D eigenvalue weighted by Crippen LogP contribution is -2.20. The van der Waals surface area contributed by atoms with Crippen LogP contribution in [0.25, 0.3) is 6.20 Å². The molecule has 1 aromatic rings. The number of nitrogens with zero attached hydrogens (tertiary/aromatic N) is 2. The lowest BCUT2D eigenvalue weighted by molar-refractivity contribution is 0.858. The molecular formula is C7H6N2OS. The van der Waals surface area contributed by atoms with E-state index in [1.54, 1.807) is 28.7 Å². The zero-order chi connectivity index (χ0) is 7.68. The molecule has 0 radical (unpaired) electrons. The molecule has 1 aromatic heterocycles. The maximum absolute atomic E-state index is 11.1. The Balaban J connectivity index is 2.70. The molecule has 4 heteroatoms. The first kappa shape index (κ1) is 6.67. The van der Waals surface area contributed by atoms with Crippen LogP contribution in [0, 0.1) is 0 Å². The highest BCUT2D eigenvalue weighted by molar-refractivity contribution is 7.99. The molecular weight excluding hydrogens is 160 g/mol. The fourth-order valence-corrected chi connectivity index (χ4v) is 1.73. The molecule has 56 valence electrons. The molecule has 0 aliphatic carbocycles. The van der Waals surface area contributed by atoms with Gasteiger partial charge in [0.1, 0.15) is 0 Å². The van der Waals surface area contributed by atoms with E-state index in [-0.39, 0.29) is 5.69 Å². The van der Waals surface area contributed by atoms with Gasteiger partial charge in [0.25, 0.3) is 0 Å². The fraction of sp³-hybridized carbons (Fsp3) is 0.143. The smallest absolute Gasteiger partial charge is 0.262 e. The predicted molar refractivity (Wildman–Crippen MR) is 44.6 cm³/mol. The van der Waals surface area contributed by atoms with Crippen LogP contribution in [0.3, 0.4) is 0 Å². The average Bonchev–Trinajstić information content (AvgIpc) is 2.06. The lowest BCUT2D eigenvalue weighted by atomic mass is 10.6. The van der Waals surface area contributed by atoms with Crippen molar-refractivity contribution in [1.82, 2.24) is 9.55 Å². The summed E-state index contributed by atoms with van der Waals surface area (Å²) in [5.74, 6) is 0.934. The zero-order valence-corrected chi connectivity index (χ0v) is 6.54. The van der Waals surface area contributed by atoms with Crippen molar-refractivity contribution in [1.29, 1.82) is 0 Å². The maximum atomic E-state index is 11.1. The Morgan fingerprint density at radius 2 is 2.55 bits per heavy atom. The average molecular weight is 166 g/mol. The zero-order valence-electron chi connectivity index (χ0n) is 5.73. The second-order valence-electron chi connectivity index (χ2n) is 2.13. The molecule has 1 aliphatic heterocycles. The number of hydrogen-bond acceptors (Lipinski definition) is 3. The third kappa shape index (κ3) is 1.09. The Morgan fingerprint density at radius 1 is 1.64 bits per heavy atom. The number of hydrogen-bond donors (Lipinski definition) is 0. The molecule has 0 atom stereocenters. The summed E-state index contributed by atoms with van der Waals surface area (Å²) in [5, 5.41) is 0.965. The van der Waals surface area contributed by atoms with Crippen LogP contribution in [-0.4, -0.2) is 15.3 Å². The highest BCUT2D eigenvalue weighted by Gasteiger charge is 2.04. The van der Waals surface area contributed by atoms with E-state index in [0.29, 0.717) is 0 Å². The van der Waals surface area contributed by atoms with E-state index in [0.717, 1.165) is 10.8 Å². The van der Waals surface area contributed by atoms with Crippen LogP contribution in [0.1, 0.15) is 0 Å². The van der Waals surface area contributed by atoms with Gasteiger partial charge in [0.2, 0.25) is 0 Å². The van der Waals surface area contributed by atoms with Crippen LogP contribution in [0.5, 0.6) is 0 Å². The summed E-state index contributed by atoms with van der Waals surface area (Å²) >= 11 is 1.64. The molecule has 3 nitrogen and oxygen atoms in total. The second kappa shape index (κ2) is 2.54. The molecule has 0 unspecified atom stereocenters. The topological polar surface area (TPSA) is 34.9 Å². The Hall–Kier alpha value is -1.03. The van der Waals surface area contributed by atoms with Gasteiger partial charge in [-0.1, -0.05) is 6.08 Å². The van der Waals surface area contributed by atoms with Crippen LogP contribution in [0.4, 0.5) is 0 Å². The Morgan fingerprint density at radius 3 is 3.36 bits per heavy atom. The molecule has 0 aromatic carbocycles. The third-order valence-electron chi connectivity index (χ3n) is 1.43. The van der Waals surface area contributed by atoms with Crippen LogP contribution in [0.2, 0.25) is 0 Å². The molecule has 1 aliphatic rings. The molecule has 0 fully saturated rings. The van der Waals surface area contributed by atoms with Crippen molar-refractivity contribution in [3.05, 3.63) is 28.8 Å². The molecule has 2 rings (SSSR count). The first-order valence-electron chi connectivity index (χ1n) is 3.25. The summed E-state index contributed by atoms with van der Waals surface area (Å²) in [6.45, 7) is 0. The SMILES string of the molecule is O=c1nccc2n1C=CCS2. The summed E-state index contributed by atoms with van der Waals surface area (Å²) in [5.41, 5.74) is -0.203. The minimum Gasteiger partial charge on any atom is -0.262 e. The minimum atomic E-state index is -0.203. The van der Waals surface area contributed by atoms with Crippen molar-refractivity contribution in [3.63, 3.8) is 0 Å². The normalized spacial score (nSPS) is 14.5. The van der Waals surface area contributed by atoms with E-state index in [1.807, 2.05) is 12.1 Å². The van der Waals surface area contributed by atoms with E-state index < -0.39 is 0 Å². The van der Waals surface area contributed by atoms with E-state index in [9.17, 15) is 4.79 Å². The molecule has 11 heavy (non-hydrogen) atoms. The quantitative estimate of drug-likeness (QED) is 0.535. The lowest BCUT2D eigenvalue weighted by Gasteiger charge is -2.09. The predicted octanol–water partition coefficient (Wildman–Crippen LogP) is 0.820. The first-order valence-corrected chi connectivity index (χ1v) is 4.23. The van der Waals surface area contributed by atoms with Crippen LogP contribution in [-0.2, 0) is 0 Å². The fourth-order valence-electron chi connectivity index (χ4n) is 0.938. The molecule has 0 amide bonds. The van der Waals surface area contributed by atoms with Gasteiger partial charge >= 0.3 is 5.69 Å². The molecule has 0 saturated heterocycles. The van der Waals surface area contributed by atoms with Crippen molar-refractivity contribution in [2.45, 2.75) is 5.03 Å². The first-order chi connectivity index (χ1) is 5.38. The molecule has 2 heterocycles. The molecule has 0 N–H and O–H groups in total. The summed E-state index contributed by atoms with van der Waals surface area (Å²) in [6.07, 6.45) is 5.25. The van der Waals surface area contributed by atoms with Crippen LogP contribution >= 0.6 is 11.8 Å². The summed E-state index contributed by atoms with van der Waals surface area (Å²) in [4.78, 5) is 14.7. The largest absolute Gasteiger partial charge is 0.352 e. The van der Waals surface area contributed by atoms with Gasteiger partial charge in [-0.3, -0.25) is 4.57 Å². The van der Waals surface area contributed by atoms with Crippen molar-refractivity contribution in [2.24, 2.45) is 0 Å². The Kier molecular flexibility index (Phi) is 1.54. The van der Waals surface area contributed by atoms with Gasteiger partial charge < -0.3 is 0 Å². The van der Waals surface area contributed by atoms with E-state index >= 15 is 0 Å². The molecule has 0 saturated carbocycles. The highest BCUT2D eigenvalue weighted by Crippen LogP contribution is 2.19. The monoisotopic (exact) mass is 166 g/mol. The standard InChI is InChI=1S/C7H6N2OS/c10-7-8-3-2-6-9(7)4-1-5-11-6/h1-4H,5H2. The van der Waals surface area contributed by atoms with Gasteiger partial charge in [0.15, 0.2) is 0 Å². The summed E-state index contributed by atoms with van der Waals surface area (Å²) in [6, 6.07) is 1.84. The van der Waals surface area contributed by atoms with Crippen LogP contribution < -0.4 is 5.69 Å². The molecule has 0 bridgehead atoms. The number of fused-ring (bicyclic) bond motifs is 1. The summed E-state index contributed by atoms with van der Waals surface area (Å²) < 4.78 is 1.55. The number of rotatable bonds is 0. The van der Waals surface area contributed by atoms with Gasteiger partial charge in [-0.2, -0.15) is 0 Å². The van der Waals surface area contributed by atoms with Gasteiger partial charge in [-0.05, 0) is 6.07 Å². The second-order valence-corrected chi connectivity index (χ2v) is 3.17. The van der Waals surface area contributed by atoms with Crippen molar-refractivity contribution >= 4 is 18.0 Å².